The Morgan fingerprint density at radius 1 is 1.24 bits per heavy atom. The van der Waals surface area contributed by atoms with Crippen molar-refractivity contribution >= 4 is 5.91 Å². The van der Waals surface area contributed by atoms with Crippen LogP contribution in [0.25, 0.3) is 0 Å². The van der Waals surface area contributed by atoms with Crippen LogP contribution in [0.5, 0.6) is 0 Å². The molecule has 6 heteroatoms. The van der Waals surface area contributed by atoms with Crippen molar-refractivity contribution in [3.8, 4) is 0 Å². The van der Waals surface area contributed by atoms with Crippen LogP contribution in [0, 0.1) is 0 Å². The second-order valence-electron chi connectivity index (χ2n) is 3.40. The second kappa shape index (κ2) is 11.8. The molecule has 0 aromatic rings. The van der Waals surface area contributed by atoms with Crippen molar-refractivity contribution in [3.05, 3.63) is 0 Å². The van der Waals surface area contributed by atoms with Crippen LogP contribution in [-0.2, 0) is 19.0 Å². The van der Waals surface area contributed by atoms with Gasteiger partial charge in [-0.2, -0.15) is 0 Å². The highest BCUT2D eigenvalue weighted by molar-refractivity contribution is 5.74. The van der Waals surface area contributed by atoms with Crippen molar-refractivity contribution in [2.24, 2.45) is 5.73 Å². The van der Waals surface area contributed by atoms with E-state index in [1.165, 1.54) is 0 Å². The quantitative estimate of drug-likeness (QED) is 0.371. The molecule has 0 rings (SSSR count). The molecule has 0 spiro atoms. The smallest absolute Gasteiger partial charge is 0.243 e. The van der Waals surface area contributed by atoms with Gasteiger partial charge in [0.15, 0.2) is 6.29 Å². The number of hydrogen-bond donors (Lipinski definition) is 2. The van der Waals surface area contributed by atoms with E-state index >= 15 is 0 Å². The minimum atomic E-state index is -0.447. The summed E-state index contributed by atoms with van der Waals surface area (Å²) in [5.41, 5.74) is 4.92. The Morgan fingerprint density at radius 2 is 1.88 bits per heavy atom. The zero-order valence-corrected chi connectivity index (χ0v) is 10.7. The van der Waals surface area contributed by atoms with Gasteiger partial charge in [-0.05, 0) is 13.8 Å². The fraction of sp³-hybridized carbons (Fsp3) is 0.909. The zero-order chi connectivity index (χ0) is 12.9. The van der Waals surface area contributed by atoms with Gasteiger partial charge in [-0.1, -0.05) is 0 Å². The molecule has 0 aromatic heterocycles. The van der Waals surface area contributed by atoms with Crippen LogP contribution in [-0.4, -0.2) is 51.7 Å². The van der Waals surface area contributed by atoms with Crippen LogP contribution in [0.15, 0.2) is 0 Å². The molecular formula is C11H24N2O4. The van der Waals surface area contributed by atoms with Crippen molar-refractivity contribution < 1.29 is 19.0 Å². The summed E-state index contributed by atoms with van der Waals surface area (Å²) in [5, 5.41) is 3.17. The van der Waals surface area contributed by atoms with Crippen LogP contribution in [0.3, 0.4) is 0 Å². The largest absolute Gasteiger partial charge is 0.370 e. The first-order valence-corrected chi connectivity index (χ1v) is 6.00. The molecular weight excluding hydrogens is 224 g/mol. The monoisotopic (exact) mass is 248 g/mol. The van der Waals surface area contributed by atoms with Gasteiger partial charge in [-0.25, -0.2) is 0 Å². The molecule has 0 heterocycles. The minimum absolute atomic E-state index is 0.0256. The third kappa shape index (κ3) is 11.6. The lowest BCUT2D eigenvalue weighted by Gasteiger charge is -2.16. The predicted molar refractivity (Wildman–Crippen MR) is 64.5 cm³/mol. The average Bonchev–Trinajstić information content (AvgIpc) is 2.28. The number of hydrogen-bond acceptors (Lipinski definition) is 5. The molecule has 0 aliphatic heterocycles. The van der Waals surface area contributed by atoms with Gasteiger partial charge in [0.2, 0.25) is 5.91 Å². The fourth-order valence-electron chi connectivity index (χ4n) is 1.25. The van der Waals surface area contributed by atoms with E-state index in [2.05, 4.69) is 5.32 Å². The van der Waals surface area contributed by atoms with E-state index in [0.29, 0.717) is 26.4 Å². The summed E-state index contributed by atoms with van der Waals surface area (Å²) in [6, 6.07) is 0. The predicted octanol–water partition coefficient (Wildman–Crippen LogP) is -0.133. The Bertz CT molecular complexity index is 184. The Labute approximate surface area is 103 Å². The summed E-state index contributed by atoms with van der Waals surface area (Å²) in [5.74, 6) is -0.447. The number of carbonyl (C=O) groups excluding carboxylic acids is 1. The van der Waals surface area contributed by atoms with E-state index in [1.54, 1.807) is 0 Å². The highest BCUT2D eigenvalue weighted by Crippen LogP contribution is 1.99. The molecule has 0 saturated heterocycles. The summed E-state index contributed by atoms with van der Waals surface area (Å²) in [6.45, 7) is 7.08. The summed E-state index contributed by atoms with van der Waals surface area (Å²) in [6.07, 6.45) is 0.640. The Hall–Kier alpha value is -0.690. The van der Waals surface area contributed by atoms with Gasteiger partial charge in [0.1, 0.15) is 6.61 Å². The molecule has 0 saturated carbocycles. The molecule has 0 aliphatic rings. The second-order valence-corrected chi connectivity index (χ2v) is 3.40. The number of carbonyl (C=O) groups is 1. The fourth-order valence-corrected chi connectivity index (χ4v) is 1.25. The SMILES string of the molecule is CCOC(CCNCCOCC(N)=O)OCC. The maximum atomic E-state index is 10.4. The molecule has 1 amide bonds. The topological polar surface area (TPSA) is 82.8 Å². The maximum absolute atomic E-state index is 10.4. The Kier molecular flexibility index (Phi) is 11.3. The molecule has 0 unspecified atom stereocenters. The first-order valence-electron chi connectivity index (χ1n) is 6.00. The van der Waals surface area contributed by atoms with Crippen LogP contribution < -0.4 is 11.1 Å². The lowest BCUT2D eigenvalue weighted by Crippen LogP contribution is -2.28. The molecule has 0 aliphatic carbocycles. The van der Waals surface area contributed by atoms with E-state index in [1.807, 2.05) is 13.8 Å². The molecule has 0 radical (unpaired) electrons. The van der Waals surface area contributed by atoms with Gasteiger partial charge in [0, 0.05) is 32.7 Å². The van der Waals surface area contributed by atoms with Crippen LogP contribution in [0.2, 0.25) is 0 Å². The third-order valence-electron chi connectivity index (χ3n) is 1.93. The molecule has 3 N–H and O–H groups in total. The number of amides is 1. The van der Waals surface area contributed by atoms with Crippen molar-refractivity contribution in [2.75, 3.05) is 39.5 Å². The third-order valence-corrected chi connectivity index (χ3v) is 1.93. The van der Waals surface area contributed by atoms with E-state index < -0.39 is 5.91 Å². The number of ether oxygens (including phenoxy) is 3. The van der Waals surface area contributed by atoms with Crippen LogP contribution in [0.4, 0.5) is 0 Å². The molecule has 0 aromatic carbocycles. The van der Waals surface area contributed by atoms with Gasteiger partial charge in [0.25, 0.3) is 0 Å². The molecule has 0 bridgehead atoms. The summed E-state index contributed by atoms with van der Waals surface area (Å²) in [4.78, 5) is 10.4. The first-order chi connectivity index (χ1) is 8.20. The van der Waals surface area contributed by atoms with Gasteiger partial charge in [0.05, 0.1) is 6.61 Å². The van der Waals surface area contributed by atoms with E-state index in [-0.39, 0.29) is 12.9 Å². The molecule has 17 heavy (non-hydrogen) atoms. The minimum Gasteiger partial charge on any atom is -0.370 e. The van der Waals surface area contributed by atoms with Crippen molar-refractivity contribution in [3.63, 3.8) is 0 Å². The van der Waals surface area contributed by atoms with Crippen molar-refractivity contribution in [1.29, 1.82) is 0 Å². The summed E-state index contributed by atoms with van der Waals surface area (Å²) in [7, 11) is 0. The number of nitrogens with one attached hydrogen (secondary N) is 1. The average molecular weight is 248 g/mol. The van der Waals surface area contributed by atoms with Gasteiger partial charge in [-0.15, -0.1) is 0 Å². The molecule has 102 valence electrons. The number of rotatable bonds is 12. The summed E-state index contributed by atoms with van der Waals surface area (Å²) < 4.78 is 15.8. The molecule has 0 fully saturated rings. The zero-order valence-electron chi connectivity index (χ0n) is 10.7. The van der Waals surface area contributed by atoms with Crippen molar-refractivity contribution in [2.45, 2.75) is 26.6 Å². The maximum Gasteiger partial charge on any atom is 0.243 e. The van der Waals surface area contributed by atoms with Crippen LogP contribution >= 0.6 is 0 Å². The Morgan fingerprint density at radius 3 is 2.41 bits per heavy atom. The highest BCUT2D eigenvalue weighted by atomic mass is 16.7. The Balaban J connectivity index is 3.32. The van der Waals surface area contributed by atoms with Crippen LogP contribution in [0.1, 0.15) is 20.3 Å². The normalized spacial score (nSPS) is 11.0. The van der Waals surface area contributed by atoms with E-state index in [9.17, 15) is 4.79 Å². The lowest BCUT2D eigenvalue weighted by atomic mass is 10.4. The standard InChI is InChI=1S/C11H24N2O4/c1-3-16-11(17-4-2)5-6-13-7-8-15-9-10(12)14/h11,13H,3-9H2,1-2H3,(H2,12,14). The highest BCUT2D eigenvalue weighted by Gasteiger charge is 2.06. The summed E-state index contributed by atoms with van der Waals surface area (Å²) >= 11 is 0. The van der Waals surface area contributed by atoms with Gasteiger partial charge in [-0.3, -0.25) is 4.79 Å². The number of primary amides is 1. The number of nitrogens with two attached hydrogens (primary N) is 1. The van der Waals surface area contributed by atoms with E-state index in [4.69, 9.17) is 19.9 Å². The van der Waals surface area contributed by atoms with E-state index in [0.717, 1.165) is 13.0 Å². The van der Waals surface area contributed by atoms with Gasteiger partial charge < -0.3 is 25.3 Å². The van der Waals surface area contributed by atoms with Crippen molar-refractivity contribution in [1.82, 2.24) is 5.32 Å². The molecule has 6 nitrogen and oxygen atoms in total. The first kappa shape index (κ1) is 16.3. The van der Waals surface area contributed by atoms with Gasteiger partial charge >= 0.3 is 0 Å². The molecule has 0 atom stereocenters. The lowest BCUT2D eigenvalue weighted by molar-refractivity contribution is -0.138.